The Kier molecular flexibility index (Phi) is 5.21. The van der Waals surface area contributed by atoms with E-state index in [1.165, 1.54) is 4.63 Å². The van der Waals surface area contributed by atoms with Gasteiger partial charge in [0.1, 0.15) is 11.6 Å². The third-order valence-corrected chi connectivity index (χ3v) is 4.97. The molecule has 12 heteroatoms. The highest BCUT2D eigenvalue weighted by Crippen LogP contribution is 2.25. The monoisotopic (exact) mass is 417 g/mol. The minimum atomic E-state index is -1.06. The van der Waals surface area contributed by atoms with Crippen molar-refractivity contribution in [1.29, 1.82) is 0 Å². The minimum Gasteiger partial charge on any atom is -0.465 e. The second-order valence-corrected chi connectivity index (χ2v) is 6.77. The molecule has 0 unspecified atom stereocenters. The van der Waals surface area contributed by atoms with Gasteiger partial charge in [-0.2, -0.15) is 0 Å². The van der Waals surface area contributed by atoms with E-state index in [9.17, 15) is 18.4 Å². The second kappa shape index (κ2) is 7.97. The number of carbonyl (C=O) groups excluding carboxylic acids is 2. The number of hydrogen-bond acceptors (Lipinski definition) is 8. The van der Waals surface area contributed by atoms with E-state index in [0.717, 1.165) is 13.2 Å². The van der Waals surface area contributed by atoms with Gasteiger partial charge in [0.05, 0.1) is 18.4 Å². The van der Waals surface area contributed by atoms with Gasteiger partial charge in [0.25, 0.3) is 0 Å². The molecule has 1 aliphatic heterocycles. The van der Waals surface area contributed by atoms with Crippen LogP contribution in [0, 0.1) is 17.6 Å². The van der Waals surface area contributed by atoms with Crippen molar-refractivity contribution in [3.8, 4) is 0 Å². The van der Waals surface area contributed by atoms with E-state index in [1.54, 1.807) is 12.1 Å². The quantitative estimate of drug-likeness (QED) is 0.635. The zero-order valence-electron chi connectivity index (χ0n) is 15.9. The fourth-order valence-corrected chi connectivity index (χ4v) is 3.33. The number of tetrazole rings is 1. The molecule has 1 aliphatic rings. The van der Waals surface area contributed by atoms with Crippen LogP contribution in [0.25, 0.3) is 5.65 Å². The van der Waals surface area contributed by atoms with Gasteiger partial charge in [-0.25, -0.2) is 13.6 Å². The van der Waals surface area contributed by atoms with Crippen LogP contribution in [0.2, 0.25) is 0 Å². The number of halogens is 2. The van der Waals surface area contributed by atoms with Gasteiger partial charge >= 0.3 is 5.97 Å². The average Bonchev–Trinajstić information content (AvgIpc) is 3.23. The van der Waals surface area contributed by atoms with Gasteiger partial charge in [-0.3, -0.25) is 4.79 Å². The Labute approximate surface area is 168 Å². The predicted octanol–water partition coefficient (Wildman–Crippen LogP) is 1.44. The van der Waals surface area contributed by atoms with E-state index < -0.39 is 29.1 Å². The van der Waals surface area contributed by atoms with Crippen LogP contribution in [-0.2, 0) is 9.53 Å². The Bertz CT molecular complexity index is 1110. The van der Waals surface area contributed by atoms with Gasteiger partial charge < -0.3 is 15.0 Å². The normalized spacial score (nSPS) is 14.7. The largest absolute Gasteiger partial charge is 0.465 e. The maximum atomic E-state index is 14.1. The van der Waals surface area contributed by atoms with Crippen LogP contribution >= 0.6 is 0 Å². The summed E-state index contributed by atoms with van der Waals surface area (Å²) < 4.78 is 33.6. The number of aromatic nitrogens is 5. The third kappa shape index (κ3) is 3.75. The van der Waals surface area contributed by atoms with Gasteiger partial charge in [-0.05, 0) is 41.5 Å². The number of esters is 1. The van der Waals surface area contributed by atoms with Gasteiger partial charge in [0.2, 0.25) is 5.91 Å². The summed E-state index contributed by atoms with van der Waals surface area (Å²) in [5.74, 6) is -3.07. The fraction of sp³-hybridized carbons (Fsp3) is 0.333. The molecule has 0 aliphatic carbocycles. The number of rotatable bonds is 4. The van der Waals surface area contributed by atoms with Crippen LogP contribution in [0.1, 0.15) is 23.2 Å². The molecule has 0 bridgehead atoms. The summed E-state index contributed by atoms with van der Waals surface area (Å²) in [5, 5.41) is 17.9. The Hall–Kier alpha value is -3.70. The third-order valence-electron chi connectivity index (χ3n) is 4.97. The summed E-state index contributed by atoms with van der Waals surface area (Å²) in [6, 6.07) is 5.03. The lowest BCUT2D eigenvalue weighted by Gasteiger charge is -2.31. The van der Waals surface area contributed by atoms with E-state index in [2.05, 4.69) is 30.7 Å². The summed E-state index contributed by atoms with van der Waals surface area (Å²) in [7, 11) is 1.09. The molecule has 1 saturated heterocycles. The molecule has 3 aromatic rings. The topological polar surface area (TPSA) is 115 Å². The molecule has 156 valence electrons. The first-order valence-electron chi connectivity index (χ1n) is 9.15. The molecule has 0 atom stereocenters. The predicted molar refractivity (Wildman–Crippen MR) is 99.8 cm³/mol. The number of piperidine rings is 1. The summed E-state index contributed by atoms with van der Waals surface area (Å²) in [6.45, 7) is 1.11. The first-order chi connectivity index (χ1) is 14.5. The highest BCUT2D eigenvalue weighted by molar-refractivity contribution is 5.95. The fourth-order valence-electron chi connectivity index (χ4n) is 3.33. The lowest BCUT2D eigenvalue weighted by atomic mass is 9.95. The molecule has 3 heterocycles. The highest BCUT2D eigenvalue weighted by Gasteiger charge is 2.27. The molecule has 0 saturated carbocycles. The van der Waals surface area contributed by atoms with Crippen LogP contribution in [0.15, 0.2) is 24.3 Å². The van der Waals surface area contributed by atoms with Crippen LogP contribution in [0.4, 0.5) is 20.3 Å². The number of fused-ring (bicyclic) bond motifs is 1. The Morgan fingerprint density at radius 1 is 1.17 bits per heavy atom. The van der Waals surface area contributed by atoms with Crippen molar-refractivity contribution in [2.45, 2.75) is 12.8 Å². The smallest absolute Gasteiger partial charge is 0.340 e. The molecule has 0 spiro atoms. The number of methoxy groups -OCH3 is 1. The molecule has 1 aromatic carbocycles. The zero-order chi connectivity index (χ0) is 21.3. The van der Waals surface area contributed by atoms with Gasteiger partial charge in [0.15, 0.2) is 11.5 Å². The van der Waals surface area contributed by atoms with Crippen molar-refractivity contribution in [2.24, 2.45) is 5.92 Å². The standard InChI is InChI=1S/C18H17F2N7O3/c1-30-18(29)11-8-14(13(20)9-12(11)19)21-17(28)10-4-6-26(7-5-10)16-3-2-15-22-24-25-27(15)23-16/h2-3,8-10H,4-7H2,1H3,(H,21,28). The molecule has 2 aromatic heterocycles. The maximum absolute atomic E-state index is 14.1. The van der Waals surface area contributed by atoms with Gasteiger partial charge in [-0.15, -0.1) is 14.8 Å². The lowest BCUT2D eigenvalue weighted by Crippen LogP contribution is -2.38. The first kappa shape index (κ1) is 19.6. The van der Waals surface area contributed by atoms with Crippen molar-refractivity contribution < 1.29 is 23.1 Å². The van der Waals surface area contributed by atoms with E-state index in [-0.39, 0.29) is 11.6 Å². The van der Waals surface area contributed by atoms with Crippen LogP contribution in [0.5, 0.6) is 0 Å². The van der Waals surface area contributed by atoms with Crippen molar-refractivity contribution in [2.75, 3.05) is 30.4 Å². The maximum Gasteiger partial charge on any atom is 0.340 e. The molecule has 4 rings (SSSR count). The molecular formula is C18H17F2N7O3. The Balaban J connectivity index is 1.41. The summed E-state index contributed by atoms with van der Waals surface area (Å²) in [5.41, 5.74) is -0.191. The Morgan fingerprint density at radius 3 is 2.67 bits per heavy atom. The number of amides is 1. The van der Waals surface area contributed by atoms with Crippen LogP contribution in [0.3, 0.4) is 0 Å². The minimum absolute atomic E-state index is 0.268. The number of benzene rings is 1. The summed E-state index contributed by atoms with van der Waals surface area (Å²) in [6.07, 6.45) is 1.02. The molecule has 1 N–H and O–H groups in total. The number of carbonyl (C=O) groups is 2. The van der Waals surface area contributed by atoms with Crippen molar-refractivity contribution in [3.05, 3.63) is 41.5 Å². The van der Waals surface area contributed by atoms with E-state index in [0.29, 0.717) is 43.5 Å². The molecular weight excluding hydrogens is 400 g/mol. The molecule has 0 radical (unpaired) electrons. The molecule has 1 fully saturated rings. The SMILES string of the molecule is COC(=O)c1cc(NC(=O)C2CCN(c3ccc4nnnn4n3)CC2)c(F)cc1F. The number of anilines is 2. The summed E-state index contributed by atoms with van der Waals surface area (Å²) in [4.78, 5) is 26.2. The molecule has 10 nitrogen and oxygen atoms in total. The van der Waals surface area contributed by atoms with Gasteiger partial charge in [0, 0.05) is 25.1 Å². The van der Waals surface area contributed by atoms with Crippen LogP contribution in [-0.4, -0.2) is 57.3 Å². The highest BCUT2D eigenvalue weighted by atomic mass is 19.1. The van der Waals surface area contributed by atoms with E-state index >= 15 is 0 Å². The van der Waals surface area contributed by atoms with E-state index in [1.807, 2.05) is 4.90 Å². The summed E-state index contributed by atoms with van der Waals surface area (Å²) >= 11 is 0. The van der Waals surface area contributed by atoms with Crippen molar-refractivity contribution in [3.63, 3.8) is 0 Å². The second-order valence-electron chi connectivity index (χ2n) is 6.77. The molecule has 30 heavy (non-hydrogen) atoms. The zero-order valence-corrected chi connectivity index (χ0v) is 15.9. The Morgan fingerprint density at radius 2 is 1.93 bits per heavy atom. The number of hydrogen-bond donors (Lipinski definition) is 1. The van der Waals surface area contributed by atoms with Gasteiger partial charge in [-0.1, -0.05) is 0 Å². The molecule has 1 amide bonds. The number of nitrogens with one attached hydrogen (secondary N) is 1. The van der Waals surface area contributed by atoms with Crippen LogP contribution < -0.4 is 10.2 Å². The first-order valence-corrected chi connectivity index (χ1v) is 9.15. The number of ether oxygens (including phenoxy) is 1. The van der Waals surface area contributed by atoms with E-state index in [4.69, 9.17) is 0 Å². The van der Waals surface area contributed by atoms with Crippen molar-refractivity contribution in [1.82, 2.24) is 25.3 Å². The average molecular weight is 417 g/mol. The number of nitrogens with zero attached hydrogens (tertiary/aromatic N) is 6. The van der Waals surface area contributed by atoms with Crippen molar-refractivity contribution >= 4 is 29.0 Å². The lowest BCUT2D eigenvalue weighted by molar-refractivity contribution is -0.120.